The van der Waals surface area contributed by atoms with Gasteiger partial charge in [0.15, 0.2) is 0 Å². The summed E-state index contributed by atoms with van der Waals surface area (Å²) in [5.41, 5.74) is 8.37. The zero-order valence-corrected chi connectivity index (χ0v) is 10.2. The molecule has 1 unspecified atom stereocenters. The zero-order valence-electron chi connectivity index (χ0n) is 10.2. The smallest absolute Gasteiger partial charge is 0.321 e. The summed E-state index contributed by atoms with van der Waals surface area (Å²) in [5.74, 6) is -0.967. The molecule has 0 amide bonds. The van der Waals surface area contributed by atoms with E-state index in [1.54, 1.807) is 0 Å². The van der Waals surface area contributed by atoms with Gasteiger partial charge in [-0.2, -0.15) is 0 Å². The minimum atomic E-state index is -0.967. The van der Waals surface area contributed by atoms with Gasteiger partial charge in [-0.05, 0) is 25.0 Å². The first kappa shape index (κ1) is 12.7. The molecular weight excluding hydrogens is 202 g/mol. The molecule has 16 heavy (non-hydrogen) atoms. The minimum absolute atomic E-state index is 0.568. The van der Waals surface area contributed by atoms with E-state index >= 15 is 0 Å². The summed E-state index contributed by atoms with van der Waals surface area (Å²) < 4.78 is 0. The summed E-state index contributed by atoms with van der Waals surface area (Å²) in [5, 5.41) is 9.01. The van der Waals surface area contributed by atoms with E-state index in [9.17, 15) is 4.79 Å². The quantitative estimate of drug-likeness (QED) is 0.820. The van der Waals surface area contributed by atoms with E-state index in [0.717, 1.165) is 16.7 Å². The lowest BCUT2D eigenvalue weighted by atomic mass is 9.76. The number of nitrogens with two attached hydrogens (primary N) is 1. The van der Waals surface area contributed by atoms with Crippen LogP contribution < -0.4 is 5.73 Å². The third-order valence-corrected chi connectivity index (χ3v) is 3.13. The number of hydrogen-bond acceptors (Lipinski definition) is 2. The maximum Gasteiger partial charge on any atom is 0.321 e. The second-order valence-corrected chi connectivity index (χ2v) is 4.86. The molecule has 0 aromatic heterocycles. The average Bonchev–Trinajstić information content (AvgIpc) is 2.20. The van der Waals surface area contributed by atoms with Gasteiger partial charge in [-0.1, -0.05) is 37.6 Å². The maximum absolute atomic E-state index is 11.0. The molecule has 0 aliphatic carbocycles. The first-order chi connectivity index (χ1) is 7.26. The van der Waals surface area contributed by atoms with E-state index in [-0.39, 0.29) is 0 Å². The van der Waals surface area contributed by atoms with Gasteiger partial charge in [0.1, 0.15) is 6.04 Å². The van der Waals surface area contributed by atoms with Crippen LogP contribution in [0.25, 0.3) is 0 Å². The molecule has 3 N–H and O–H groups in total. The molecule has 0 bridgehead atoms. The highest BCUT2D eigenvalue weighted by Crippen LogP contribution is 2.29. The molecule has 0 aliphatic heterocycles. The Hall–Kier alpha value is -1.35. The van der Waals surface area contributed by atoms with Gasteiger partial charge in [-0.25, -0.2) is 0 Å². The third kappa shape index (κ3) is 2.25. The lowest BCUT2D eigenvalue weighted by molar-refractivity contribution is -0.140. The number of carboxylic acid groups (broad SMARTS) is 1. The predicted molar refractivity (Wildman–Crippen MR) is 64.6 cm³/mol. The molecule has 1 aromatic rings. The second-order valence-electron chi connectivity index (χ2n) is 4.86. The van der Waals surface area contributed by atoms with Crippen molar-refractivity contribution in [2.45, 2.75) is 39.2 Å². The van der Waals surface area contributed by atoms with Gasteiger partial charge in [0.2, 0.25) is 0 Å². The second kappa shape index (κ2) is 4.26. The van der Waals surface area contributed by atoms with Crippen LogP contribution in [0.2, 0.25) is 0 Å². The van der Waals surface area contributed by atoms with Crippen molar-refractivity contribution in [3.8, 4) is 0 Å². The molecule has 88 valence electrons. The van der Waals surface area contributed by atoms with Gasteiger partial charge in [0, 0.05) is 5.41 Å². The highest BCUT2D eigenvalue weighted by Gasteiger charge is 2.34. The van der Waals surface area contributed by atoms with Crippen molar-refractivity contribution in [3.63, 3.8) is 0 Å². The Labute approximate surface area is 96.3 Å². The maximum atomic E-state index is 11.0. The SMILES string of the molecule is Cc1ccc(C)c(C(C)(C)C(N)C(=O)O)c1. The third-order valence-electron chi connectivity index (χ3n) is 3.13. The lowest BCUT2D eigenvalue weighted by Crippen LogP contribution is -2.47. The van der Waals surface area contributed by atoms with Crippen molar-refractivity contribution in [3.05, 3.63) is 34.9 Å². The Kier molecular flexibility index (Phi) is 3.38. The average molecular weight is 221 g/mol. The Balaban J connectivity index is 3.25. The summed E-state index contributed by atoms with van der Waals surface area (Å²) in [6, 6.07) is 5.13. The highest BCUT2D eigenvalue weighted by molar-refractivity contribution is 5.75. The van der Waals surface area contributed by atoms with E-state index in [0.29, 0.717) is 0 Å². The molecule has 0 saturated carbocycles. The van der Waals surface area contributed by atoms with Crippen LogP contribution >= 0.6 is 0 Å². The van der Waals surface area contributed by atoms with Crippen molar-refractivity contribution in [1.29, 1.82) is 0 Å². The van der Waals surface area contributed by atoms with Crippen LogP contribution in [0.1, 0.15) is 30.5 Å². The molecule has 0 radical (unpaired) electrons. The molecule has 1 rings (SSSR count). The molecule has 0 saturated heterocycles. The van der Waals surface area contributed by atoms with Gasteiger partial charge < -0.3 is 10.8 Å². The summed E-state index contributed by atoms with van der Waals surface area (Å²) in [4.78, 5) is 11.0. The van der Waals surface area contributed by atoms with Gasteiger partial charge in [0.05, 0.1) is 0 Å². The topological polar surface area (TPSA) is 63.3 Å². The van der Waals surface area contributed by atoms with Crippen molar-refractivity contribution >= 4 is 5.97 Å². The number of benzene rings is 1. The van der Waals surface area contributed by atoms with Gasteiger partial charge in [-0.3, -0.25) is 4.79 Å². The molecule has 3 nitrogen and oxygen atoms in total. The molecule has 0 fully saturated rings. The minimum Gasteiger partial charge on any atom is -0.480 e. The summed E-state index contributed by atoms with van der Waals surface area (Å²) >= 11 is 0. The van der Waals surface area contributed by atoms with Crippen molar-refractivity contribution in [1.82, 2.24) is 0 Å². The number of hydrogen-bond donors (Lipinski definition) is 2. The Morgan fingerprint density at radius 3 is 2.44 bits per heavy atom. The van der Waals surface area contributed by atoms with E-state index in [4.69, 9.17) is 10.8 Å². The molecule has 0 aliphatic rings. The summed E-state index contributed by atoms with van der Waals surface area (Å²) in [6.07, 6.45) is 0. The first-order valence-electron chi connectivity index (χ1n) is 5.33. The number of rotatable bonds is 3. The molecular formula is C13H19NO2. The summed E-state index contributed by atoms with van der Waals surface area (Å²) in [6.45, 7) is 7.71. The number of aliphatic carboxylic acids is 1. The normalized spacial score (nSPS) is 13.6. The predicted octanol–water partition coefficient (Wildman–Crippen LogP) is 1.99. The summed E-state index contributed by atoms with van der Waals surface area (Å²) in [7, 11) is 0. The number of carbonyl (C=O) groups is 1. The molecule has 1 atom stereocenters. The van der Waals surface area contributed by atoms with Crippen LogP contribution in [0.15, 0.2) is 18.2 Å². The monoisotopic (exact) mass is 221 g/mol. The fourth-order valence-corrected chi connectivity index (χ4v) is 1.91. The van der Waals surface area contributed by atoms with E-state index in [1.165, 1.54) is 0 Å². The first-order valence-corrected chi connectivity index (χ1v) is 5.33. The van der Waals surface area contributed by atoms with Crippen LogP contribution in [0.4, 0.5) is 0 Å². The van der Waals surface area contributed by atoms with Crippen molar-refractivity contribution < 1.29 is 9.90 Å². The lowest BCUT2D eigenvalue weighted by Gasteiger charge is -2.31. The molecule has 1 aromatic carbocycles. The zero-order chi connectivity index (χ0) is 12.5. The molecule has 0 heterocycles. The Bertz CT molecular complexity index is 410. The Morgan fingerprint density at radius 2 is 1.94 bits per heavy atom. The van der Waals surface area contributed by atoms with Crippen LogP contribution in [-0.4, -0.2) is 17.1 Å². The van der Waals surface area contributed by atoms with Crippen molar-refractivity contribution in [2.24, 2.45) is 5.73 Å². The van der Waals surface area contributed by atoms with E-state index in [2.05, 4.69) is 0 Å². The highest BCUT2D eigenvalue weighted by atomic mass is 16.4. The van der Waals surface area contributed by atoms with Crippen molar-refractivity contribution in [2.75, 3.05) is 0 Å². The standard InChI is InChI=1S/C13H19NO2/c1-8-5-6-9(2)10(7-8)13(3,4)11(14)12(15)16/h5-7,11H,14H2,1-4H3,(H,15,16). The number of aryl methyl sites for hydroxylation is 2. The fraction of sp³-hybridized carbons (Fsp3) is 0.462. The van der Waals surface area contributed by atoms with Gasteiger partial charge in [0.25, 0.3) is 0 Å². The van der Waals surface area contributed by atoms with Gasteiger partial charge in [-0.15, -0.1) is 0 Å². The van der Waals surface area contributed by atoms with E-state index < -0.39 is 17.4 Å². The molecule has 0 spiro atoms. The van der Waals surface area contributed by atoms with Crippen LogP contribution in [-0.2, 0) is 10.2 Å². The van der Waals surface area contributed by atoms with Gasteiger partial charge >= 0.3 is 5.97 Å². The fourth-order valence-electron chi connectivity index (χ4n) is 1.91. The van der Waals surface area contributed by atoms with Crippen LogP contribution in [0, 0.1) is 13.8 Å². The van der Waals surface area contributed by atoms with Crippen LogP contribution in [0.3, 0.4) is 0 Å². The largest absolute Gasteiger partial charge is 0.480 e. The Morgan fingerprint density at radius 1 is 1.38 bits per heavy atom. The van der Waals surface area contributed by atoms with Crippen LogP contribution in [0.5, 0.6) is 0 Å². The number of carboxylic acids is 1. The van der Waals surface area contributed by atoms with E-state index in [1.807, 2.05) is 45.9 Å². The molecule has 3 heteroatoms.